The van der Waals surface area contributed by atoms with E-state index in [9.17, 15) is 9.59 Å². The zero-order valence-electron chi connectivity index (χ0n) is 11.3. The molecule has 18 heavy (non-hydrogen) atoms. The minimum atomic E-state index is -0.177. The summed E-state index contributed by atoms with van der Waals surface area (Å²) in [5.41, 5.74) is 1.65. The molecule has 1 aromatic heterocycles. The first-order valence-corrected chi connectivity index (χ1v) is 6.03. The predicted molar refractivity (Wildman–Crippen MR) is 69.2 cm³/mol. The molecule has 0 radical (unpaired) electrons. The monoisotopic (exact) mass is 252 g/mol. The van der Waals surface area contributed by atoms with Crippen LogP contribution in [0.15, 0.2) is 6.20 Å². The molecule has 6 nitrogen and oxygen atoms in total. The number of amides is 2. The molecular weight excluding hydrogens is 232 g/mol. The topological polar surface area (TPSA) is 76.0 Å². The van der Waals surface area contributed by atoms with E-state index < -0.39 is 0 Å². The maximum Gasteiger partial charge on any atom is 0.226 e. The lowest BCUT2D eigenvalue weighted by atomic mass is 10.2. The van der Waals surface area contributed by atoms with Gasteiger partial charge >= 0.3 is 0 Å². The van der Waals surface area contributed by atoms with E-state index in [4.69, 9.17) is 0 Å². The maximum absolute atomic E-state index is 11.8. The molecule has 1 atom stereocenters. The van der Waals surface area contributed by atoms with E-state index in [-0.39, 0.29) is 24.3 Å². The van der Waals surface area contributed by atoms with Crippen molar-refractivity contribution in [2.75, 3.05) is 5.32 Å². The highest BCUT2D eigenvalue weighted by Gasteiger charge is 2.12. The number of nitrogens with one attached hydrogen (secondary N) is 2. The smallest absolute Gasteiger partial charge is 0.226 e. The second kappa shape index (κ2) is 6.18. The SMILES string of the molecule is CCn1ncc(NC(=O)CC(C)NC(C)=O)c1C. The fourth-order valence-electron chi connectivity index (χ4n) is 1.77. The standard InChI is InChI=1S/C12H20N4O2/c1-5-16-9(3)11(7-13-16)15-12(18)6-8(2)14-10(4)17/h7-8H,5-6H2,1-4H3,(H,14,17)(H,15,18). The molecule has 0 saturated carbocycles. The van der Waals surface area contributed by atoms with Crippen LogP contribution in [0.1, 0.15) is 32.9 Å². The third-order valence-corrected chi connectivity index (χ3v) is 2.62. The second-order valence-electron chi connectivity index (χ2n) is 4.31. The first-order chi connectivity index (χ1) is 8.43. The van der Waals surface area contributed by atoms with Crippen molar-refractivity contribution in [2.45, 2.75) is 46.7 Å². The van der Waals surface area contributed by atoms with Gasteiger partial charge < -0.3 is 10.6 Å². The van der Waals surface area contributed by atoms with Gasteiger partial charge in [-0.2, -0.15) is 5.10 Å². The lowest BCUT2D eigenvalue weighted by molar-refractivity contribution is -0.120. The number of aryl methyl sites for hydroxylation is 1. The maximum atomic E-state index is 11.8. The molecule has 0 saturated heterocycles. The van der Waals surface area contributed by atoms with Crippen molar-refractivity contribution in [2.24, 2.45) is 0 Å². The molecule has 2 amide bonds. The first kappa shape index (κ1) is 14.2. The number of aromatic nitrogens is 2. The Balaban J connectivity index is 2.54. The highest BCUT2D eigenvalue weighted by molar-refractivity contribution is 5.91. The molecule has 0 aliphatic heterocycles. The van der Waals surface area contributed by atoms with Gasteiger partial charge in [-0.15, -0.1) is 0 Å². The first-order valence-electron chi connectivity index (χ1n) is 6.03. The largest absolute Gasteiger partial charge is 0.353 e. The number of nitrogens with zero attached hydrogens (tertiary/aromatic N) is 2. The summed E-state index contributed by atoms with van der Waals surface area (Å²) in [6.45, 7) is 7.89. The van der Waals surface area contributed by atoms with Gasteiger partial charge in [-0.1, -0.05) is 0 Å². The van der Waals surface area contributed by atoms with E-state index in [2.05, 4.69) is 15.7 Å². The van der Waals surface area contributed by atoms with Gasteiger partial charge in [0, 0.05) is 25.9 Å². The van der Waals surface area contributed by atoms with Crippen LogP contribution in [0.5, 0.6) is 0 Å². The molecule has 2 N–H and O–H groups in total. The number of carbonyl (C=O) groups excluding carboxylic acids is 2. The van der Waals surface area contributed by atoms with E-state index in [0.717, 1.165) is 17.9 Å². The molecule has 0 fully saturated rings. The Morgan fingerprint density at radius 2 is 2.17 bits per heavy atom. The van der Waals surface area contributed by atoms with Crippen LogP contribution in [-0.4, -0.2) is 27.6 Å². The van der Waals surface area contributed by atoms with Gasteiger partial charge in [-0.25, -0.2) is 0 Å². The van der Waals surface area contributed by atoms with Crippen LogP contribution in [0, 0.1) is 6.92 Å². The van der Waals surface area contributed by atoms with Crippen LogP contribution in [0.3, 0.4) is 0 Å². The van der Waals surface area contributed by atoms with Crippen LogP contribution >= 0.6 is 0 Å². The highest BCUT2D eigenvalue weighted by Crippen LogP contribution is 2.13. The van der Waals surface area contributed by atoms with Crippen LogP contribution in [-0.2, 0) is 16.1 Å². The van der Waals surface area contributed by atoms with Crippen LogP contribution in [0.25, 0.3) is 0 Å². The van der Waals surface area contributed by atoms with Crippen molar-refractivity contribution in [1.29, 1.82) is 0 Å². The Morgan fingerprint density at radius 3 is 2.67 bits per heavy atom. The molecule has 1 unspecified atom stereocenters. The van der Waals surface area contributed by atoms with E-state index in [1.165, 1.54) is 6.92 Å². The Hall–Kier alpha value is -1.85. The summed E-state index contributed by atoms with van der Waals surface area (Å²) >= 11 is 0. The minimum absolute atomic E-state index is 0.130. The molecule has 1 aromatic rings. The normalized spacial score (nSPS) is 12.0. The Bertz CT molecular complexity index is 439. The lowest BCUT2D eigenvalue weighted by Crippen LogP contribution is -2.33. The number of rotatable bonds is 5. The lowest BCUT2D eigenvalue weighted by Gasteiger charge is -2.12. The third kappa shape index (κ3) is 3.87. The van der Waals surface area contributed by atoms with Crippen LogP contribution in [0.4, 0.5) is 5.69 Å². The van der Waals surface area contributed by atoms with Gasteiger partial charge in [0.05, 0.1) is 17.6 Å². The molecule has 0 bridgehead atoms. The van der Waals surface area contributed by atoms with Gasteiger partial charge in [0.1, 0.15) is 0 Å². The second-order valence-corrected chi connectivity index (χ2v) is 4.31. The number of anilines is 1. The molecule has 0 spiro atoms. The number of carbonyl (C=O) groups is 2. The van der Waals surface area contributed by atoms with Gasteiger partial charge in [0.25, 0.3) is 0 Å². The van der Waals surface area contributed by atoms with E-state index in [1.807, 2.05) is 18.5 Å². The Morgan fingerprint density at radius 1 is 1.50 bits per heavy atom. The van der Waals surface area contributed by atoms with E-state index >= 15 is 0 Å². The van der Waals surface area contributed by atoms with Crippen molar-refractivity contribution < 1.29 is 9.59 Å². The minimum Gasteiger partial charge on any atom is -0.353 e. The molecule has 6 heteroatoms. The fraction of sp³-hybridized carbons (Fsp3) is 0.583. The summed E-state index contributed by atoms with van der Waals surface area (Å²) in [4.78, 5) is 22.6. The average Bonchev–Trinajstić information content (AvgIpc) is 2.58. The van der Waals surface area contributed by atoms with E-state index in [0.29, 0.717) is 0 Å². The molecule has 100 valence electrons. The summed E-state index contributed by atoms with van der Waals surface area (Å²) in [6, 6.07) is -0.177. The molecule has 0 aliphatic carbocycles. The number of hydrogen-bond donors (Lipinski definition) is 2. The molecule has 1 rings (SSSR count). The van der Waals surface area contributed by atoms with Crippen LogP contribution in [0.2, 0.25) is 0 Å². The predicted octanol–water partition coefficient (Wildman–Crippen LogP) is 1.06. The summed E-state index contributed by atoms with van der Waals surface area (Å²) in [7, 11) is 0. The van der Waals surface area contributed by atoms with Crippen molar-refractivity contribution >= 4 is 17.5 Å². The molecule has 0 aromatic carbocycles. The van der Waals surface area contributed by atoms with Gasteiger partial charge in [-0.3, -0.25) is 14.3 Å². The van der Waals surface area contributed by atoms with E-state index in [1.54, 1.807) is 13.1 Å². The third-order valence-electron chi connectivity index (χ3n) is 2.62. The molecule has 1 heterocycles. The van der Waals surface area contributed by atoms with Crippen molar-refractivity contribution in [1.82, 2.24) is 15.1 Å². The summed E-state index contributed by atoms with van der Waals surface area (Å²) in [5, 5.41) is 9.61. The van der Waals surface area contributed by atoms with Crippen LogP contribution < -0.4 is 10.6 Å². The summed E-state index contributed by atoms with van der Waals surface area (Å²) < 4.78 is 1.81. The van der Waals surface area contributed by atoms with Gasteiger partial charge in [0.2, 0.25) is 11.8 Å². The Kier molecular flexibility index (Phi) is 4.88. The molecule has 0 aliphatic rings. The Labute approximate surface area is 107 Å². The zero-order chi connectivity index (χ0) is 13.7. The summed E-state index contributed by atoms with van der Waals surface area (Å²) in [6.07, 6.45) is 1.89. The fourth-order valence-corrected chi connectivity index (χ4v) is 1.77. The highest BCUT2D eigenvalue weighted by atomic mass is 16.2. The molecular formula is C12H20N4O2. The van der Waals surface area contributed by atoms with Crippen molar-refractivity contribution in [3.8, 4) is 0 Å². The average molecular weight is 252 g/mol. The van der Waals surface area contributed by atoms with Crippen molar-refractivity contribution in [3.63, 3.8) is 0 Å². The number of hydrogen-bond acceptors (Lipinski definition) is 3. The summed E-state index contributed by atoms with van der Waals surface area (Å²) in [5.74, 6) is -0.264. The van der Waals surface area contributed by atoms with Gasteiger partial charge in [0.15, 0.2) is 0 Å². The quantitative estimate of drug-likeness (QED) is 0.823. The van der Waals surface area contributed by atoms with Crippen molar-refractivity contribution in [3.05, 3.63) is 11.9 Å². The zero-order valence-corrected chi connectivity index (χ0v) is 11.3. The van der Waals surface area contributed by atoms with Gasteiger partial charge in [-0.05, 0) is 20.8 Å².